The first-order valence-corrected chi connectivity index (χ1v) is 13.1. The third-order valence-electron chi connectivity index (χ3n) is 6.95. The zero-order chi connectivity index (χ0) is 26.6. The second-order valence-electron chi connectivity index (χ2n) is 10.0. The number of ether oxygens (including phenoxy) is 3. The number of benzene rings is 2. The molecule has 2 aliphatic heterocycles. The molecular formula is C27H33Cl2N3O5. The number of hydrogen-bond acceptors (Lipinski definition) is 6. The number of amides is 3. The topological polar surface area (TPSA) is 80.3 Å². The molecule has 2 aromatic carbocycles. The predicted molar refractivity (Wildman–Crippen MR) is 142 cm³/mol. The van der Waals surface area contributed by atoms with Gasteiger partial charge in [-0.15, -0.1) is 0 Å². The van der Waals surface area contributed by atoms with Crippen LogP contribution in [0.15, 0.2) is 42.5 Å². The molecule has 1 N–H and O–H groups in total. The lowest BCUT2D eigenvalue weighted by atomic mass is 9.91. The Labute approximate surface area is 227 Å². The molecule has 8 nitrogen and oxygen atoms in total. The number of imide groups is 1. The molecular weight excluding hydrogens is 517 g/mol. The zero-order valence-corrected chi connectivity index (χ0v) is 22.9. The van der Waals surface area contributed by atoms with Crippen LogP contribution in [0.25, 0.3) is 0 Å². The van der Waals surface area contributed by atoms with E-state index in [1.54, 1.807) is 33.1 Å². The molecule has 200 valence electrons. The molecule has 0 bridgehead atoms. The molecule has 3 amide bonds. The van der Waals surface area contributed by atoms with Gasteiger partial charge in [0.2, 0.25) is 0 Å². The standard InChI is InChI=1S/C27H33Cl2N3O5/c1-26(2)24(33)32(25(34)30-26)14-15-36-20-6-4-19(5-7-20)17-31-12-10-27(35-3,11-13-31)18-37-21-8-9-22(28)23(29)16-21/h4-9,16H,10-15,17-18H2,1-3H3,(H,30,34). The molecule has 0 unspecified atom stereocenters. The Hall–Kier alpha value is -2.52. The fourth-order valence-corrected chi connectivity index (χ4v) is 4.82. The minimum atomic E-state index is -0.867. The Bertz CT molecular complexity index is 1120. The van der Waals surface area contributed by atoms with Gasteiger partial charge in [0.15, 0.2) is 0 Å². The third-order valence-corrected chi connectivity index (χ3v) is 7.69. The first-order valence-electron chi connectivity index (χ1n) is 12.3. The van der Waals surface area contributed by atoms with Gasteiger partial charge in [0, 0.05) is 32.8 Å². The molecule has 4 rings (SSSR count). The lowest BCUT2D eigenvalue weighted by molar-refractivity contribution is -0.130. The molecule has 2 saturated heterocycles. The van der Waals surface area contributed by atoms with Gasteiger partial charge in [-0.05, 0) is 56.5 Å². The molecule has 2 heterocycles. The van der Waals surface area contributed by atoms with Crippen molar-refractivity contribution in [1.82, 2.24) is 15.1 Å². The number of hydrogen-bond donors (Lipinski definition) is 1. The van der Waals surface area contributed by atoms with E-state index in [0.29, 0.717) is 28.2 Å². The van der Waals surface area contributed by atoms with E-state index in [1.165, 1.54) is 10.5 Å². The number of nitrogens with one attached hydrogen (secondary N) is 1. The summed E-state index contributed by atoms with van der Waals surface area (Å²) in [6, 6.07) is 12.8. The molecule has 0 aliphatic carbocycles. The highest BCUT2D eigenvalue weighted by Crippen LogP contribution is 2.30. The normalized spacial score (nSPS) is 19.1. The summed E-state index contributed by atoms with van der Waals surface area (Å²) in [5, 5.41) is 3.64. The Morgan fingerprint density at radius 3 is 2.22 bits per heavy atom. The number of carbonyl (C=O) groups excluding carboxylic acids is 2. The van der Waals surface area contributed by atoms with Crippen LogP contribution in [0.1, 0.15) is 32.3 Å². The van der Waals surface area contributed by atoms with Crippen molar-refractivity contribution >= 4 is 35.1 Å². The maximum absolute atomic E-state index is 12.3. The molecule has 0 radical (unpaired) electrons. The zero-order valence-electron chi connectivity index (χ0n) is 21.4. The van der Waals surface area contributed by atoms with Crippen LogP contribution in [0.2, 0.25) is 10.0 Å². The molecule has 0 spiro atoms. The number of methoxy groups -OCH3 is 1. The smallest absolute Gasteiger partial charge is 0.325 e. The third kappa shape index (κ3) is 6.68. The fraction of sp³-hybridized carbons (Fsp3) is 0.481. The number of urea groups is 1. The minimum absolute atomic E-state index is 0.208. The van der Waals surface area contributed by atoms with Crippen molar-refractivity contribution in [3.05, 3.63) is 58.1 Å². The van der Waals surface area contributed by atoms with E-state index in [1.807, 2.05) is 30.3 Å². The molecule has 0 atom stereocenters. The van der Waals surface area contributed by atoms with E-state index in [4.69, 9.17) is 37.4 Å². The van der Waals surface area contributed by atoms with E-state index in [9.17, 15) is 9.59 Å². The van der Waals surface area contributed by atoms with Gasteiger partial charge in [-0.1, -0.05) is 35.3 Å². The number of carbonyl (C=O) groups is 2. The number of nitrogens with zero attached hydrogens (tertiary/aromatic N) is 2. The number of halogens is 2. The van der Waals surface area contributed by atoms with E-state index >= 15 is 0 Å². The van der Waals surface area contributed by atoms with E-state index in [-0.39, 0.29) is 30.7 Å². The van der Waals surface area contributed by atoms with Crippen molar-refractivity contribution in [1.29, 1.82) is 0 Å². The minimum Gasteiger partial charge on any atom is -0.492 e. The van der Waals surface area contributed by atoms with Gasteiger partial charge < -0.3 is 19.5 Å². The Morgan fingerprint density at radius 2 is 1.62 bits per heavy atom. The molecule has 2 aliphatic rings. The van der Waals surface area contributed by atoms with Gasteiger partial charge in [0.05, 0.1) is 16.6 Å². The van der Waals surface area contributed by atoms with Crippen LogP contribution in [0.3, 0.4) is 0 Å². The summed E-state index contributed by atoms with van der Waals surface area (Å²) in [7, 11) is 1.74. The number of likely N-dealkylation sites (tertiary alicyclic amines) is 1. The maximum atomic E-state index is 12.3. The van der Waals surface area contributed by atoms with Crippen molar-refractivity contribution in [2.75, 3.05) is 40.0 Å². The summed E-state index contributed by atoms with van der Waals surface area (Å²) in [5.74, 6) is 1.14. The van der Waals surface area contributed by atoms with Crippen LogP contribution in [0.4, 0.5) is 4.79 Å². The van der Waals surface area contributed by atoms with E-state index < -0.39 is 5.54 Å². The van der Waals surface area contributed by atoms with Crippen molar-refractivity contribution < 1.29 is 23.8 Å². The average Bonchev–Trinajstić information content (AvgIpc) is 3.08. The largest absolute Gasteiger partial charge is 0.492 e. The van der Waals surface area contributed by atoms with Crippen molar-refractivity contribution in [3.63, 3.8) is 0 Å². The number of piperidine rings is 1. The molecule has 0 aromatic heterocycles. The number of rotatable bonds is 10. The molecule has 0 saturated carbocycles. The molecule has 10 heteroatoms. The first kappa shape index (κ1) is 27.5. The first-order chi connectivity index (χ1) is 17.6. The fourth-order valence-electron chi connectivity index (χ4n) is 4.53. The molecule has 37 heavy (non-hydrogen) atoms. The monoisotopic (exact) mass is 549 g/mol. The summed E-state index contributed by atoms with van der Waals surface area (Å²) in [6.07, 6.45) is 1.71. The summed E-state index contributed by atoms with van der Waals surface area (Å²) in [6.45, 7) is 6.88. The summed E-state index contributed by atoms with van der Waals surface area (Å²) in [5.41, 5.74) is -0.0303. The van der Waals surface area contributed by atoms with Crippen molar-refractivity contribution in [2.24, 2.45) is 0 Å². The van der Waals surface area contributed by atoms with Gasteiger partial charge >= 0.3 is 6.03 Å². The van der Waals surface area contributed by atoms with Crippen molar-refractivity contribution in [2.45, 2.75) is 44.4 Å². The summed E-state index contributed by atoms with van der Waals surface area (Å²) >= 11 is 12.1. The van der Waals surface area contributed by atoms with Gasteiger partial charge in [0.25, 0.3) is 5.91 Å². The lowest BCUT2D eigenvalue weighted by Crippen LogP contribution is -2.48. The van der Waals surface area contributed by atoms with Crippen LogP contribution >= 0.6 is 23.2 Å². The van der Waals surface area contributed by atoms with Gasteiger partial charge in [0.1, 0.15) is 35.9 Å². The Morgan fingerprint density at radius 1 is 0.946 bits per heavy atom. The Balaban J connectivity index is 1.21. The Kier molecular flexibility index (Phi) is 8.53. The molecule has 2 fully saturated rings. The van der Waals surface area contributed by atoms with Gasteiger partial charge in [-0.25, -0.2) is 4.79 Å². The van der Waals surface area contributed by atoms with Crippen LogP contribution in [0.5, 0.6) is 11.5 Å². The highest BCUT2D eigenvalue weighted by Gasteiger charge is 2.44. The van der Waals surface area contributed by atoms with Crippen LogP contribution in [-0.2, 0) is 16.1 Å². The quantitative estimate of drug-likeness (QED) is 0.430. The summed E-state index contributed by atoms with van der Waals surface area (Å²) in [4.78, 5) is 27.8. The van der Waals surface area contributed by atoms with E-state index in [0.717, 1.165) is 32.5 Å². The SMILES string of the molecule is COC1(COc2ccc(Cl)c(Cl)c2)CCN(Cc2ccc(OCCN3C(=O)NC(C)(C)C3=O)cc2)CC1. The van der Waals surface area contributed by atoms with Crippen LogP contribution in [-0.4, -0.2) is 72.8 Å². The second kappa shape index (κ2) is 11.5. The van der Waals surface area contributed by atoms with Gasteiger partial charge in [-0.2, -0.15) is 0 Å². The molecule has 2 aromatic rings. The highest BCUT2D eigenvalue weighted by atomic mass is 35.5. The average molecular weight is 550 g/mol. The van der Waals surface area contributed by atoms with E-state index in [2.05, 4.69) is 10.2 Å². The van der Waals surface area contributed by atoms with Crippen LogP contribution < -0.4 is 14.8 Å². The maximum Gasteiger partial charge on any atom is 0.325 e. The van der Waals surface area contributed by atoms with Gasteiger partial charge in [-0.3, -0.25) is 14.6 Å². The predicted octanol–water partition coefficient (Wildman–Crippen LogP) is 4.76. The summed E-state index contributed by atoms with van der Waals surface area (Å²) < 4.78 is 17.6. The van der Waals surface area contributed by atoms with Crippen LogP contribution in [0, 0.1) is 0 Å². The highest BCUT2D eigenvalue weighted by molar-refractivity contribution is 6.42. The van der Waals surface area contributed by atoms with Crippen molar-refractivity contribution in [3.8, 4) is 11.5 Å². The lowest BCUT2D eigenvalue weighted by Gasteiger charge is -2.40. The second-order valence-corrected chi connectivity index (χ2v) is 10.8.